The van der Waals surface area contributed by atoms with Gasteiger partial charge in [-0.05, 0) is 43.0 Å². The summed E-state index contributed by atoms with van der Waals surface area (Å²) in [7, 11) is 0. The average molecular weight is 396 g/mol. The van der Waals surface area contributed by atoms with Gasteiger partial charge in [-0.3, -0.25) is 4.79 Å². The molecule has 1 unspecified atom stereocenters. The second kappa shape index (κ2) is 10.3. The number of para-hydroxylation sites is 2. The number of carbonyl (C=O) groups is 1. The van der Waals surface area contributed by atoms with Crippen LogP contribution in [0.2, 0.25) is 0 Å². The number of halogens is 2. The van der Waals surface area contributed by atoms with Gasteiger partial charge in [-0.25, -0.2) is 0 Å². The minimum atomic E-state index is 0. The highest BCUT2D eigenvalue weighted by Gasteiger charge is 2.24. The van der Waals surface area contributed by atoms with Gasteiger partial charge in [0.2, 0.25) is 5.91 Å². The van der Waals surface area contributed by atoms with Crippen molar-refractivity contribution in [2.75, 3.05) is 23.7 Å². The first-order valence-electron chi connectivity index (χ1n) is 8.60. The summed E-state index contributed by atoms with van der Waals surface area (Å²) in [4.78, 5) is 14.4. The molecule has 1 aliphatic heterocycles. The third kappa shape index (κ3) is 5.29. The predicted octanol–water partition coefficient (Wildman–Crippen LogP) is 3.61. The summed E-state index contributed by atoms with van der Waals surface area (Å²) in [6.07, 6.45) is 2.24. The summed E-state index contributed by atoms with van der Waals surface area (Å²) in [5, 5.41) is 3.03. The molecule has 1 atom stereocenters. The zero-order valence-electron chi connectivity index (χ0n) is 15.0. The number of rotatable bonds is 6. The Kier molecular flexibility index (Phi) is 8.76. The number of amides is 1. The molecule has 1 aliphatic rings. The van der Waals surface area contributed by atoms with Gasteiger partial charge in [0, 0.05) is 36.9 Å². The Labute approximate surface area is 168 Å². The maximum absolute atomic E-state index is 12.1. The maximum Gasteiger partial charge on any atom is 0.220 e. The molecular formula is C20H27Cl2N3O. The molecule has 6 heteroatoms. The van der Waals surface area contributed by atoms with Gasteiger partial charge in [-0.1, -0.05) is 36.4 Å². The van der Waals surface area contributed by atoms with Crippen molar-refractivity contribution in [2.45, 2.75) is 32.2 Å². The van der Waals surface area contributed by atoms with Crippen molar-refractivity contribution in [1.29, 1.82) is 0 Å². The maximum atomic E-state index is 12.1. The lowest BCUT2D eigenvalue weighted by Gasteiger charge is -2.25. The van der Waals surface area contributed by atoms with Crippen molar-refractivity contribution in [1.82, 2.24) is 5.32 Å². The molecule has 26 heavy (non-hydrogen) atoms. The van der Waals surface area contributed by atoms with Crippen molar-refractivity contribution >= 4 is 42.1 Å². The quantitative estimate of drug-likeness (QED) is 0.734. The van der Waals surface area contributed by atoms with E-state index in [1.807, 2.05) is 24.3 Å². The second-order valence-electron chi connectivity index (χ2n) is 6.42. The van der Waals surface area contributed by atoms with Gasteiger partial charge in [0.05, 0.1) is 0 Å². The summed E-state index contributed by atoms with van der Waals surface area (Å²) >= 11 is 0. The number of fused-ring (bicyclic) bond motifs is 1. The summed E-state index contributed by atoms with van der Waals surface area (Å²) < 4.78 is 0. The number of nitrogens with zero attached hydrogens (tertiary/aromatic N) is 1. The van der Waals surface area contributed by atoms with Crippen molar-refractivity contribution in [3.8, 4) is 0 Å². The van der Waals surface area contributed by atoms with Crippen LogP contribution in [0.25, 0.3) is 0 Å². The Hall–Kier alpha value is -1.91. The fraction of sp³-hybridized carbons (Fsp3) is 0.350. The Morgan fingerprint density at radius 1 is 1.15 bits per heavy atom. The molecule has 1 amide bonds. The lowest BCUT2D eigenvalue weighted by molar-refractivity contribution is -0.120. The monoisotopic (exact) mass is 395 g/mol. The number of nitrogens with two attached hydrogens (primary N) is 1. The number of aryl methyl sites for hydroxylation is 1. The first-order valence-corrected chi connectivity index (χ1v) is 8.60. The van der Waals surface area contributed by atoms with E-state index in [0.717, 1.165) is 24.2 Å². The van der Waals surface area contributed by atoms with E-state index >= 15 is 0 Å². The molecule has 0 aliphatic carbocycles. The molecule has 1 heterocycles. The molecule has 0 spiro atoms. The minimum absolute atomic E-state index is 0. The minimum Gasteiger partial charge on any atom is -0.399 e. The summed E-state index contributed by atoms with van der Waals surface area (Å²) in [6, 6.07) is 16.7. The molecule has 0 saturated carbocycles. The Balaban J connectivity index is 0.00000169. The Morgan fingerprint density at radius 2 is 1.85 bits per heavy atom. The molecule has 0 fully saturated rings. The van der Waals surface area contributed by atoms with E-state index in [1.54, 1.807) is 0 Å². The van der Waals surface area contributed by atoms with E-state index < -0.39 is 0 Å². The molecule has 4 nitrogen and oxygen atoms in total. The SMILES string of the molecule is CC1Cc2ccccc2N1CCNC(=O)CCc1ccccc1N.Cl.Cl. The van der Waals surface area contributed by atoms with Gasteiger partial charge in [0.1, 0.15) is 0 Å². The predicted molar refractivity (Wildman–Crippen MR) is 114 cm³/mol. The third-order valence-corrected chi connectivity index (χ3v) is 4.70. The zero-order chi connectivity index (χ0) is 16.9. The van der Waals surface area contributed by atoms with Crippen LogP contribution in [0.15, 0.2) is 48.5 Å². The topological polar surface area (TPSA) is 58.4 Å². The van der Waals surface area contributed by atoms with Gasteiger partial charge in [0.25, 0.3) is 0 Å². The van der Waals surface area contributed by atoms with Gasteiger partial charge in [-0.2, -0.15) is 0 Å². The number of benzene rings is 2. The third-order valence-electron chi connectivity index (χ3n) is 4.70. The van der Waals surface area contributed by atoms with Crippen molar-refractivity contribution < 1.29 is 4.79 Å². The Bertz CT molecular complexity index is 724. The number of nitrogen functional groups attached to an aromatic ring is 1. The van der Waals surface area contributed by atoms with Crippen LogP contribution in [0.5, 0.6) is 0 Å². The van der Waals surface area contributed by atoms with E-state index in [9.17, 15) is 4.79 Å². The molecule has 2 aromatic carbocycles. The van der Waals surface area contributed by atoms with Crippen LogP contribution in [0.4, 0.5) is 11.4 Å². The number of hydrogen-bond acceptors (Lipinski definition) is 3. The van der Waals surface area contributed by atoms with Gasteiger partial charge in [0.15, 0.2) is 0 Å². The van der Waals surface area contributed by atoms with Gasteiger partial charge in [-0.15, -0.1) is 24.8 Å². The molecule has 0 aromatic heterocycles. The fourth-order valence-electron chi connectivity index (χ4n) is 3.38. The fourth-order valence-corrected chi connectivity index (χ4v) is 3.38. The lowest BCUT2D eigenvalue weighted by Crippen LogP contribution is -2.37. The van der Waals surface area contributed by atoms with Crippen LogP contribution in [-0.4, -0.2) is 25.0 Å². The second-order valence-corrected chi connectivity index (χ2v) is 6.42. The van der Waals surface area contributed by atoms with Crippen LogP contribution in [-0.2, 0) is 17.6 Å². The summed E-state index contributed by atoms with van der Waals surface area (Å²) in [5.74, 6) is 0.0818. The number of nitrogens with one attached hydrogen (secondary N) is 1. The lowest BCUT2D eigenvalue weighted by atomic mass is 10.1. The van der Waals surface area contributed by atoms with Crippen molar-refractivity contribution in [3.63, 3.8) is 0 Å². The van der Waals surface area contributed by atoms with Crippen LogP contribution in [0.3, 0.4) is 0 Å². The summed E-state index contributed by atoms with van der Waals surface area (Å²) in [5.41, 5.74) is 10.4. The first kappa shape index (κ1) is 22.1. The standard InChI is InChI=1S/C20H25N3O.2ClH/c1-15-14-17-7-3-5-9-19(17)23(15)13-12-22-20(24)11-10-16-6-2-4-8-18(16)21;;/h2-9,15H,10-14,21H2,1H3,(H,22,24);2*1H. The smallest absolute Gasteiger partial charge is 0.220 e. The van der Waals surface area contributed by atoms with E-state index in [0.29, 0.717) is 25.4 Å². The number of carbonyl (C=O) groups excluding carboxylic acids is 1. The van der Waals surface area contributed by atoms with Crippen LogP contribution >= 0.6 is 24.8 Å². The summed E-state index contributed by atoms with van der Waals surface area (Å²) in [6.45, 7) is 3.75. The average Bonchev–Trinajstić information content (AvgIpc) is 2.90. The highest BCUT2D eigenvalue weighted by molar-refractivity contribution is 5.85. The largest absolute Gasteiger partial charge is 0.399 e. The molecule has 2 aromatic rings. The molecule has 142 valence electrons. The van der Waals surface area contributed by atoms with Crippen LogP contribution < -0.4 is 16.0 Å². The van der Waals surface area contributed by atoms with Crippen molar-refractivity contribution in [2.24, 2.45) is 0 Å². The molecule has 3 N–H and O–H groups in total. The van der Waals surface area contributed by atoms with E-state index in [4.69, 9.17) is 5.73 Å². The normalized spacial score (nSPS) is 14.8. The highest BCUT2D eigenvalue weighted by atomic mass is 35.5. The molecular weight excluding hydrogens is 369 g/mol. The highest BCUT2D eigenvalue weighted by Crippen LogP contribution is 2.31. The molecule has 0 radical (unpaired) electrons. The Morgan fingerprint density at radius 3 is 2.62 bits per heavy atom. The van der Waals surface area contributed by atoms with E-state index in [2.05, 4.69) is 41.4 Å². The van der Waals surface area contributed by atoms with Gasteiger partial charge < -0.3 is 16.0 Å². The van der Waals surface area contributed by atoms with Gasteiger partial charge >= 0.3 is 0 Å². The van der Waals surface area contributed by atoms with E-state index in [1.165, 1.54) is 11.3 Å². The van der Waals surface area contributed by atoms with Crippen LogP contribution in [0, 0.1) is 0 Å². The van der Waals surface area contributed by atoms with Crippen molar-refractivity contribution in [3.05, 3.63) is 59.7 Å². The van der Waals surface area contributed by atoms with E-state index in [-0.39, 0.29) is 30.7 Å². The zero-order valence-corrected chi connectivity index (χ0v) is 16.6. The van der Waals surface area contributed by atoms with Crippen LogP contribution in [0.1, 0.15) is 24.5 Å². The number of hydrogen-bond donors (Lipinski definition) is 2. The molecule has 0 saturated heterocycles. The first-order chi connectivity index (χ1) is 11.6. The number of anilines is 2. The molecule has 3 rings (SSSR count). The molecule has 0 bridgehead atoms.